The lowest BCUT2D eigenvalue weighted by Crippen LogP contribution is -2.12. The monoisotopic (exact) mass is 342 g/mol. The Hall–Kier alpha value is -1.93. The van der Waals surface area contributed by atoms with Crippen molar-refractivity contribution < 1.29 is 32.0 Å². The fraction of sp³-hybridized carbons (Fsp3) is 0.467. The first kappa shape index (κ1) is 17.4. The summed E-state index contributed by atoms with van der Waals surface area (Å²) in [6.07, 6.45) is 2.13. The van der Waals surface area contributed by atoms with E-state index in [1.165, 1.54) is 6.07 Å². The molecule has 1 N–H and O–H groups in total. The molecule has 0 aliphatic carbocycles. The van der Waals surface area contributed by atoms with Gasteiger partial charge in [0.25, 0.3) is 10.1 Å². The minimum absolute atomic E-state index is 0.126. The average molecular weight is 342 g/mol. The van der Waals surface area contributed by atoms with Crippen molar-refractivity contribution in [3.05, 3.63) is 29.3 Å². The Kier molecular flexibility index (Phi) is 5.38. The van der Waals surface area contributed by atoms with Gasteiger partial charge < -0.3 is 9.47 Å². The van der Waals surface area contributed by atoms with Crippen LogP contribution in [-0.2, 0) is 19.6 Å². The molecule has 126 valence electrons. The van der Waals surface area contributed by atoms with Gasteiger partial charge in [-0.25, -0.2) is 9.59 Å². The average Bonchev–Trinajstić information content (AvgIpc) is 2.49. The number of benzene rings is 1. The second kappa shape index (κ2) is 7.10. The Bertz CT molecular complexity index is 709. The third-order valence-electron chi connectivity index (χ3n) is 3.59. The van der Waals surface area contributed by atoms with E-state index in [0.29, 0.717) is 18.8 Å². The van der Waals surface area contributed by atoms with Gasteiger partial charge in [-0.3, -0.25) is 4.55 Å². The Morgan fingerprint density at radius 1 is 1.00 bits per heavy atom. The quantitative estimate of drug-likeness (QED) is 0.615. The first-order valence-corrected chi connectivity index (χ1v) is 8.68. The molecule has 0 saturated heterocycles. The van der Waals surface area contributed by atoms with Gasteiger partial charge in [-0.15, -0.1) is 0 Å². The summed E-state index contributed by atoms with van der Waals surface area (Å²) < 4.78 is 42.0. The summed E-state index contributed by atoms with van der Waals surface area (Å²) in [5.41, 5.74) is -0.252. The van der Waals surface area contributed by atoms with Gasteiger partial charge in [0.05, 0.1) is 29.2 Å². The fourth-order valence-electron chi connectivity index (χ4n) is 2.24. The summed E-state index contributed by atoms with van der Waals surface area (Å²) in [4.78, 5) is 23.5. The number of hydrogen-bond donors (Lipinski definition) is 1. The normalized spacial score (nSPS) is 20.5. The lowest BCUT2D eigenvalue weighted by Gasteiger charge is -2.10. The van der Waals surface area contributed by atoms with Crippen LogP contribution in [0, 0.1) is 5.92 Å². The van der Waals surface area contributed by atoms with E-state index in [-0.39, 0.29) is 24.3 Å². The molecule has 0 saturated carbocycles. The topological polar surface area (TPSA) is 107 Å². The van der Waals surface area contributed by atoms with Gasteiger partial charge in [0.15, 0.2) is 0 Å². The Labute approximate surface area is 134 Å². The number of rotatable bonds is 1. The smallest absolute Gasteiger partial charge is 0.338 e. The van der Waals surface area contributed by atoms with Crippen LogP contribution in [0.4, 0.5) is 0 Å². The molecule has 2 bridgehead atoms. The van der Waals surface area contributed by atoms with Crippen molar-refractivity contribution in [2.75, 3.05) is 13.2 Å². The fourth-order valence-corrected chi connectivity index (χ4v) is 2.80. The van der Waals surface area contributed by atoms with Crippen molar-refractivity contribution in [1.29, 1.82) is 0 Å². The standard InChI is InChI=1S/C15H18O7S/c1-10-3-2-5-21-14(16)11-7-12(15(17)22-6-4-10)9-13(8-11)23(18,19)20/h7-10H,2-6H2,1H3,(H,18,19,20). The number of ether oxygens (including phenoxy) is 2. The summed E-state index contributed by atoms with van der Waals surface area (Å²) in [6.45, 7) is 2.40. The first-order chi connectivity index (χ1) is 10.8. The number of hydrogen-bond acceptors (Lipinski definition) is 6. The highest BCUT2D eigenvalue weighted by Crippen LogP contribution is 2.19. The van der Waals surface area contributed by atoms with Crippen molar-refractivity contribution in [3.8, 4) is 0 Å². The predicted molar refractivity (Wildman–Crippen MR) is 79.8 cm³/mol. The van der Waals surface area contributed by atoms with E-state index in [9.17, 15) is 18.0 Å². The van der Waals surface area contributed by atoms with Crippen molar-refractivity contribution in [2.24, 2.45) is 5.92 Å². The SMILES string of the molecule is CC1CCCOC(=O)c2cc(cc(S(=O)(=O)O)c2)C(=O)OCC1. The summed E-state index contributed by atoms with van der Waals surface area (Å²) in [7, 11) is -4.57. The summed E-state index contributed by atoms with van der Waals surface area (Å²) >= 11 is 0. The molecule has 0 aromatic heterocycles. The van der Waals surface area contributed by atoms with Crippen molar-refractivity contribution in [3.63, 3.8) is 0 Å². The van der Waals surface area contributed by atoms with Gasteiger partial charge in [0.1, 0.15) is 0 Å². The first-order valence-electron chi connectivity index (χ1n) is 7.24. The van der Waals surface area contributed by atoms with Gasteiger partial charge >= 0.3 is 11.9 Å². The van der Waals surface area contributed by atoms with E-state index in [1.54, 1.807) is 0 Å². The number of esters is 2. The van der Waals surface area contributed by atoms with Crippen LogP contribution in [0.15, 0.2) is 23.1 Å². The molecular weight excluding hydrogens is 324 g/mol. The molecule has 8 heteroatoms. The molecule has 1 aromatic rings. The second-order valence-electron chi connectivity index (χ2n) is 5.53. The Morgan fingerprint density at radius 2 is 1.57 bits per heavy atom. The van der Waals surface area contributed by atoms with Crippen LogP contribution < -0.4 is 0 Å². The van der Waals surface area contributed by atoms with Crippen LogP contribution in [0.3, 0.4) is 0 Å². The summed E-state index contributed by atoms with van der Waals surface area (Å²) in [5.74, 6) is -1.20. The maximum atomic E-state index is 12.0. The van der Waals surface area contributed by atoms with E-state index >= 15 is 0 Å². The molecule has 0 spiro atoms. The van der Waals surface area contributed by atoms with Crippen LogP contribution in [0.2, 0.25) is 0 Å². The van der Waals surface area contributed by atoms with Crippen molar-refractivity contribution in [2.45, 2.75) is 31.1 Å². The van der Waals surface area contributed by atoms with Gasteiger partial charge in [0, 0.05) is 0 Å². The van der Waals surface area contributed by atoms with Gasteiger partial charge in [-0.1, -0.05) is 6.92 Å². The molecule has 0 radical (unpaired) electrons. The Morgan fingerprint density at radius 3 is 2.13 bits per heavy atom. The largest absolute Gasteiger partial charge is 0.462 e. The highest BCUT2D eigenvalue weighted by molar-refractivity contribution is 7.85. The highest BCUT2D eigenvalue weighted by atomic mass is 32.2. The summed E-state index contributed by atoms with van der Waals surface area (Å²) in [6, 6.07) is 3.13. The third-order valence-corrected chi connectivity index (χ3v) is 4.43. The van der Waals surface area contributed by atoms with Crippen LogP contribution >= 0.6 is 0 Å². The zero-order chi connectivity index (χ0) is 17.0. The molecule has 1 aliphatic heterocycles. The maximum absolute atomic E-state index is 12.0. The zero-order valence-electron chi connectivity index (χ0n) is 12.6. The van der Waals surface area contributed by atoms with E-state index in [2.05, 4.69) is 0 Å². The lowest BCUT2D eigenvalue weighted by atomic mass is 10.0. The highest BCUT2D eigenvalue weighted by Gasteiger charge is 2.20. The van der Waals surface area contributed by atoms with Crippen LogP contribution in [0.5, 0.6) is 0 Å². The van der Waals surface area contributed by atoms with E-state index < -0.39 is 27.0 Å². The van der Waals surface area contributed by atoms with E-state index in [0.717, 1.165) is 18.6 Å². The Balaban J connectivity index is 2.41. The van der Waals surface area contributed by atoms with Gasteiger partial charge in [0.2, 0.25) is 0 Å². The molecular formula is C15H18O7S. The lowest BCUT2D eigenvalue weighted by molar-refractivity contribution is 0.0467. The van der Waals surface area contributed by atoms with Crippen LogP contribution in [0.1, 0.15) is 46.9 Å². The molecule has 1 unspecified atom stereocenters. The minimum Gasteiger partial charge on any atom is -0.462 e. The van der Waals surface area contributed by atoms with Crippen molar-refractivity contribution >= 4 is 22.1 Å². The third kappa shape index (κ3) is 4.77. The molecule has 0 fully saturated rings. The van der Waals surface area contributed by atoms with Crippen LogP contribution in [0.25, 0.3) is 0 Å². The molecule has 1 aromatic carbocycles. The summed E-state index contributed by atoms with van der Waals surface area (Å²) in [5, 5.41) is 0. The van der Waals surface area contributed by atoms with Gasteiger partial charge in [-0.05, 0) is 43.4 Å². The molecule has 23 heavy (non-hydrogen) atoms. The number of fused-ring (bicyclic) bond motifs is 2. The maximum Gasteiger partial charge on any atom is 0.338 e. The molecule has 1 aliphatic rings. The van der Waals surface area contributed by atoms with Crippen molar-refractivity contribution in [1.82, 2.24) is 0 Å². The number of carbonyl (C=O) groups excluding carboxylic acids is 2. The van der Waals surface area contributed by atoms with Crippen LogP contribution in [-0.4, -0.2) is 38.1 Å². The molecule has 1 atom stereocenters. The van der Waals surface area contributed by atoms with E-state index in [1.807, 2.05) is 6.92 Å². The number of carbonyl (C=O) groups is 2. The second-order valence-corrected chi connectivity index (χ2v) is 6.95. The molecule has 2 rings (SSSR count). The molecule has 7 nitrogen and oxygen atoms in total. The van der Waals surface area contributed by atoms with E-state index in [4.69, 9.17) is 14.0 Å². The number of cyclic esters (lactones) is 2. The predicted octanol–water partition coefficient (Wildman–Crippen LogP) is 2.07. The zero-order valence-corrected chi connectivity index (χ0v) is 13.5. The van der Waals surface area contributed by atoms with Gasteiger partial charge in [-0.2, -0.15) is 8.42 Å². The molecule has 1 heterocycles. The molecule has 0 amide bonds. The minimum atomic E-state index is -4.57.